The van der Waals surface area contributed by atoms with Crippen molar-refractivity contribution >= 4 is 6.08 Å². The van der Waals surface area contributed by atoms with Crippen molar-refractivity contribution in [1.82, 2.24) is 0 Å². The summed E-state index contributed by atoms with van der Waals surface area (Å²) in [6.45, 7) is 10.1. The number of benzene rings is 1. The zero-order valence-corrected chi connectivity index (χ0v) is 9.58. The monoisotopic (exact) mass is 206 g/mol. The third-order valence-corrected chi connectivity index (χ3v) is 2.06. The Labute approximate surface area is 91.2 Å². The summed E-state index contributed by atoms with van der Waals surface area (Å²) in [5, 5.41) is 9.69. The first-order valence-electron chi connectivity index (χ1n) is 5.01. The third-order valence-electron chi connectivity index (χ3n) is 2.06. The SMILES string of the molecule is C=Cc1cccc(O)c1COC(C)(C)C. The number of hydrogen-bond donors (Lipinski definition) is 1. The molecule has 1 aromatic rings. The Morgan fingerprint density at radius 2 is 2.07 bits per heavy atom. The van der Waals surface area contributed by atoms with E-state index >= 15 is 0 Å². The molecule has 0 saturated heterocycles. The van der Waals surface area contributed by atoms with Crippen molar-refractivity contribution in [3.8, 4) is 5.75 Å². The molecule has 0 bridgehead atoms. The van der Waals surface area contributed by atoms with E-state index in [1.807, 2.05) is 26.8 Å². The summed E-state index contributed by atoms with van der Waals surface area (Å²) >= 11 is 0. The molecule has 0 aliphatic heterocycles. The van der Waals surface area contributed by atoms with Gasteiger partial charge >= 0.3 is 0 Å². The zero-order chi connectivity index (χ0) is 11.5. The van der Waals surface area contributed by atoms with Gasteiger partial charge in [-0.1, -0.05) is 24.8 Å². The van der Waals surface area contributed by atoms with Crippen LogP contribution in [-0.4, -0.2) is 10.7 Å². The average molecular weight is 206 g/mol. The van der Waals surface area contributed by atoms with Crippen molar-refractivity contribution in [1.29, 1.82) is 0 Å². The van der Waals surface area contributed by atoms with Gasteiger partial charge in [0.25, 0.3) is 0 Å². The highest BCUT2D eigenvalue weighted by molar-refractivity contribution is 5.55. The van der Waals surface area contributed by atoms with Crippen LogP contribution < -0.4 is 0 Å². The minimum atomic E-state index is -0.208. The van der Waals surface area contributed by atoms with Crippen molar-refractivity contribution < 1.29 is 9.84 Å². The fraction of sp³-hybridized carbons (Fsp3) is 0.385. The van der Waals surface area contributed by atoms with Crippen LogP contribution in [-0.2, 0) is 11.3 Å². The van der Waals surface area contributed by atoms with E-state index in [2.05, 4.69) is 6.58 Å². The topological polar surface area (TPSA) is 29.5 Å². The molecule has 15 heavy (non-hydrogen) atoms. The lowest BCUT2D eigenvalue weighted by molar-refractivity contribution is -0.0156. The molecule has 2 heteroatoms. The van der Waals surface area contributed by atoms with Crippen LogP contribution in [0.15, 0.2) is 24.8 Å². The first-order chi connectivity index (χ1) is 6.94. The molecule has 2 nitrogen and oxygen atoms in total. The van der Waals surface area contributed by atoms with Gasteiger partial charge in [0.15, 0.2) is 0 Å². The summed E-state index contributed by atoms with van der Waals surface area (Å²) < 4.78 is 5.63. The van der Waals surface area contributed by atoms with Gasteiger partial charge in [0.2, 0.25) is 0 Å². The van der Waals surface area contributed by atoms with Crippen LogP contribution in [0, 0.1) is 0 Å². The maximum absolute atomic E-state index is 9.69. The molecule has 1 aromatic carbocycles. The minimum absolute atomic E-state index is 0.208. The van der Waals surface area contributed by atoms with Crippen LogP contribution in [0.5, 0.6) is 5.75 Å². The minimum Gasteiger partial charge on any atom is -0.508 e. The summed E-state index contributed by atoms with van der Waals surface area (Å²) in [5.74, 6) is 0.261. The summed E-state index contributed by atoms with van der Waals surface area (Å²) in [6.07, 6.45) is 1.72. The number of phenols is 1. The van der Waals surface area contributed by atoms with Gasteiger partial charge in [0.05, 0.1) is 12.2 Å². The molecule has 0 spiro atoms. The first kappa shape index (κ1) is 11.8. The Morgan fingerprint density at radius 1 is 1.40 bits per heavy atom. The molecule has 0 aromatic heterocycles. The second-order valence-electron chi connectivity index (χ2n) is 4.45. The van der Waals surface area contributed by atoms with Crippen LogP contribution in [0.2, 0.25) is 0 Å². The molecule has 1 N–H and O–H groups in total. The molecule has 0 aliphatic rings. The third kappa shape index (κ3) is 3.40. The lowest BCUT2D eigenvalue weighted by Gasteiger charge is -2.20. The van der Waals surface area contributed by atoms with E-state index in [-0.39, 0.29) is 11.4 Å². The zero-order valence-electron chi connectivity index (χ0n) is 9.58. The van der Waals surface area contributed by atoms with Gasteiger partial charge in [-0.3, -0.25) is 0 Å². The second-order valence-corrected chi connectivity index (χ2v) is 4.45. The van der Waals surface area contributed by atoms with E-state index in [1.165, 1.54) is 0 Å². The predicted molar refractivity (Wildman–Crippen MR) is 62.7 cm³/mol. The molecule has 0 fully saturated rings. The average Bonchev–Trinajstić information content (AvgIpc) is 2.14. The van der Waals surface area contributed by atoms with Gasteiger partial charge in [-0.05, 0) is 32.4 Å². The van der Waals surface area contributed by atoms with E-state index in [1.54, 1.807) is 18.2 Å². The van der Waals surface area contributed by atoms with Crippen molar-refractivity contribution in [2.24, 2.45) is 0 Å². The predicted octanol–water partition coefficient (Wildman–Crippen LogP) is 3.35. The Morgan fingerprint density at radius 3 is 2.60 bits per heavy atom. The highest BCUT2D eigenvalue weighted by Crippen LogP contribution is 2.24. The number of rotatable bonds is 3. The Kier molecular flexibility index (Phi) is 3.53. The molecule has 0 unspecified atom stereocenters. The van der Waals surface area contributed by atoms with Gasteiger partial charge in [0.1, 0.15) is 5.75 Å². The standard InChI is InChI=1S/C13H18O2/c1-5-10-7-6-8-12(14)11(10)9-15-13(2,3)4/h5-8,14H,1,9H2,2-4H3. The number of ether oxygens (including phenoxy) is 1. The number of phenolic OH excluding ortho intramolecular Hbond substituents is 1. The molecule has 0 heterocycles. The van der Waals surface area contributed by atoms with Crippen LogP contribution in [0.4, 0.5) is 0 Å². The van der Waals surface area contributed by atoms with E-state index in [9.17, 15) is 5.11 Å². The Hall–Kier alpha value is -1.28. The van der Waals surface area contributed by atoms with Gasteiger partial charge in [0, 0.05) is 5.56 Å². The van der Waals surface area contributed by atoms with Crippen molar-refractivity contribution in [3.05, 3.63) is 35.9 Å². The molecule has 0 radical (unpaired) electrons. The maximum Gasteiger partial charge on any atom is 0.121 e. The highest BCUT2D eigenvalue weighted by Gasteiger charge is 2.13. The summed E-state index contributed by atoms with van der Waals surface area (Å²) in [6, 6.07) is 5.37. The second kappa shape index (κ2) is 4.49. The fourth-order valence-corrected chi connectivity index (χ4v) is 1.23. The van der Waals surface area contributed by atoms with Crippen molar-refractivity contribution in [3.63, 3.8) is 0 Å². The van der Waals surface area contributed by atoms with E-state index in [0.29, 0.717) is 6.61 Å². The van der Waals surface area contributed by atoms with Crippen LogP contribution >= 0.6 is 0 Å². The molecule has 0 aliphatic carbocycles. The molecular formula is C13H18O2. The summed E-state index contributed by atoms with van der Waals surface area (Å²) in [5.41, 5.74) is 1.50. The molecule has 0 amide bonds. The van der Waals surface area contributed by atoms with E-state index in [4.69, 9.17) is 4.74 Å². The molecule has 0 saturated carbocycles. The van der Waals surface area contributed by atoms with Gasteiger partial charge in [-0.2, -0.15) is 0 Å². The highest BCUT2D eigenvalue weighted by atomic mass is 16.5. The summed E-state index contributed by atoms with van der Waals surface area (Å²) in [4.78, 5) is 0. The smallest absolute Gasteiger partial charge is 0.121 e. The van der Waals surface area contributed by atoms with Gasteiger partial charge < -0.3 is 9.84 Å². The van der Waals surface area contributed by atoms with E-state index in [0.717, 1.165) is 11.1 Å². The van der Waals surface area contributed by atoms with Gasteiger partial charge in [-0.15, -0.1) is 0 Å². The first-order valence-corrected chi connectivity index (χ1v) is 5.01. The van der Waals surface area contributed by atoms with Crippen LogP contribution in [0.1, 0.15) is 31.9 Å². The molecular weight excluding hydrogens is 188 g/mol. The quantitative estimate of drug-likeness (QED) is 0.821. The van der Waals surface area contributed by atoms with Crippen molar-refractivity contribution in [2.75, 3.05) is 0 Å². The summed E-state index contributed by atoms with van der Waals surface area (Å²) in [7, 11) is 0. The van der Waals surface area contributed by atoms with Crippen LogP contribution in [0.3, 0.4) is 0 Å². The largest absolute Gasteiger partial charge is 0.508 e. The van der Waals surface area contributed by atoms with Crippen LogP contribution in [0.25, 0.3) is 6.08 Å². The Bertz CT molecular complexity index is 348. The molecule has 82 valence electrons. The fourth-order valence-electron chi connectivity index (χ4n) is 1.23. The van der Waals surface area contributed by atoms with Gasteiger partial charge in [-0.25, -0.2) is 0 Å². The normalized spacial score (nSPS) is 11.4. The lowest BCUT2D eigenvalue weighted by Crippen LogP contribution is -2.19. The number of aromatic hydroxyl groups is 1. The lowest BCUT2D eigenvalue weighted by atomic mass is 10.1. The molecule has 1 rings (SSSR count). The Balaban J connectivity index is 2.88. The maximum atomic E-state index is 9.69. The molecule has 0 atom stereocenters. The van der Waals surface area contributed by atoms with Crippen molar-refractivity contribution in [2.45, 2.75) is 33.0 Å². The number of hydrogen-bond acceptors (Lipinski definition) is 2. The van der Waals surface area contributed by atoms with E-state index < -0.39 is 0 Å².